The van der Waals surface area contributed by atoms with Gasteiger partial charge in [0, 0.05) is 17.6 Å². The summed E-state index contributed by atoms with van der Waals surface area (Å²) in [5.74, 6) is 0.462. The summed E-state index contributed by atoms with van der Waals surface area (Å²) in [7, 11) is 0. The smallest absolute Gasteiger partial charge is 0.270 e. The molecule has 3 rings (SSSR count). The van der Waals surface area contributed by atoms with Gasteiger partial charge in [-0.2, -0.15) is 0 Å². The van der Waals surface area contributed by atoms with Gasteiger partial charge < -0.3 is 15.1 Å². The van der Waals surface area contributed by atoms with Crippen LogP contribution >= 0.6 is 0 Å². The van der Waals surface area contributed by atoms with E-state index in [9.17, 15) is 4.79 Å². The summed E-state index contributed by atoms with van der Waals surface area (Å²) in [6.45, 7) is 4.44. The van der Waals surface area contributed by atoms with Crippen LogP contribution in [0.5, 0.6) is 0 Å². The number of benzene rings is 1. The van der Waals surface area contributed by atoms with Crippen LogP contribution in [0.3, 0.4) is 0 Å². The Morgan fingerprint density at radius 1 is 1.17 bits per heavy atom. The molecule has 24 heavy (non-hydrogen) atoms. The molecule has 0 spiro atoms. The van der Waals surface area contributed by atoms with Gasteiger partial charge in [0.25, 0.3) is 5.91 Å². The molecule has 1 amide bonds. The van der Waals surface area contributed by atoms with Gasteiger partial charge in [0.1, 0.15) is 11.5 Å². The molecule has 1 aromatic carbocycles. The zero-order valence-electron chi connectivity index (χ0n) is 13.7. The van der Waals surface area contributed by atoms with E-state index in [1.807, 2.05) is 31.2 Å². The molecule has 122 valence electrons. The number of rotatable bonds is 5. The van der Waals surface area contributed by atoms with E-state index in [1.165, 1.54) is 5.56 Å². The molecule has 0 atom stereocenters. The van der Waals surface area contributed by atoms with Gasteiger partial charge in [0.2, 0.25) is 0 Å². The van der Waals surface area contributed by atoms with Crippen LogP contribution in [0.1, 0.15) is 27.4 Å². The largest absolute Gasteiger partial charge is 0.467 e. The fraction of sp³-hybridized carbons (Fsp3) is 0.158. The number of furan rings is 1. The summed E-state index contributed by atoms with van der Waals surface area (Å²) in [4.78, 5) is 16.3. The van der Waals surface area contributed by atoms with Crippen molar-refractivity contribution >= 4 is 17.3 Å². The maximum Gasteiger partial charge on any atom is 0.270 e. The highest BCUT2D eigenvalue weighted by Gasteiger charge is 2.09. The molecule has 3 aromatic rings. The number of nitrogens with zero attached hydrogens (tertiary/aromatic N) is 1. The van der Waals surface area contributed by atoms with Crippen LogP contribution in [-0.2, 0) is 6.54 Å². The number of carbonyl (C=O) groups excluding carboxylic acids is 1. The van der Waals surface area contributed by atoms with Crippen LogP contribution in [0.4, 0.5) is 11.4 Å². The summed E-state index contributed by atoms with van der Waals surface area (Å²) in [6.07, 6.45) is 3.20. The first-order chi connectivity index (χ1) is 11.6. The van der Waals surface area contributed by atoms with Crippen molar-refractivity contribution in [1.29, 1.82) is 0 Å². The molecule has 5 heteroatoms. The number of anilines is 2. The van der Waals surface area contributed by atoms with E-state index in [0.29, 0.717) is 18.0 Å². The monoisotopic (exact) mass is 321 g/mol. The van der Waals surface area contributed by atoms with E-state index in [4.69, 9.17) is 4.42 Å². The Balaban J connectivity index is 1.70. The highest BCUT2D eigenvalue weighted by molar-refractivity contribution is 5.93. The minimum absolute atomic E-state index is 0.240. The van der Waals surface area contributed by atoms with Gasteiger partial charge in [-0.3, -0.25) is 9.78 Å². The predicted molar refractivity (Wildman–Crippen MR) is 93.3 cm³/mol. The first-order valence-corrected chi connectivity index (χ1v) is 7.73. The Hall–Kier alpha value is -3.08. The van der Waals surface area contributed by atoms with Crippen molar-refractivity contribution in [2.24, 2.45) is 0 Å². The van der Waals surface area contributed by atoms with Crippen LogP contribution in [0.2, 0.25) is 0 Å². The normalized spacial score (nSPS) is 10.4. The van der Waals surface area contributed by atoms with E-state index >= 15 is 0 Å². The topological polar surface area (TPSA) is 67.2 Å². The van der Waals surface area contributed by atoms with Crippen molar-refractivity contribution in [2.45, 2.75) is 20.4 Å². The Morgan fingerprint density at radius 2 is 2.04 bits per heavy atom. The molecule has 0 aliphatic carbocycles. The number of pyridine rings is 1. The SMILES string of the molecule is Cc1ccc(Nc2ccnc(C(=O)NCc3ccco3)c2)c(C)c1. The highest BCUT2D eigenvalue weighted by atomic mass is 16.3. The molecule has 5 nitrogen and oxygen atoms in total. The zero-order valence-corrected chi connectivity index (χ0v) is 13.7. The van der Waals surface area contributed by atoms with E-state index in [2.05, 4.69) is 28.6 Å². The molecule has 0 saturated heterocycles. The zero-order chi connectivity index (χ0) is 16.9. The second kappa shape index (κ2) is 7.00. The number of amides is 1. The molecule has 0 aliphatic heterocycles. The summed E-state index contributed by atoms with van der Waals surface area (Å²) >= 11 is 0. The molecule has 2 heterocycles. The third kappa shape index (κ3) is 3.81. The molecule has 0 bridgehead atoms. The standard InChI is InChI=1S/C19H19N3O2/c1-13-5-6-17(14(2)10-13)22-15-7-8-20-18(11-15)19(23)21-12-16-4-3-9-24-16/h3-11H,12H2,1-2H3,(H,20,22)(H,21,23). The molecule has 0 aliphatic rings. The maximum absolute atomic E-state index is 12.2. The van der Waals surface area contributed by atoms with Crippen molar-refractivity contribution < 1.29 is 9.21 Å². The second-order valence-corrected chi connectivity index (χ2v) is 5.64. The van der Waals surface area contributed by atoms with Gasteiger partial charge in [-0.25, -0.2) is 0 Å². The van der Waals surface area contributed by atoms with Gasteiger partial charge in [0.05, 0.1) is 12.8 Å². The van der Waals surface area contributed by atoms with Crippen LogP contribution in [0.25, 0.3) is 0 Å². The fourth-order valence-corrected chi connectivity index (χ4v) is 2.41. The molecular weight excluding hydrogens is 302 g/mol. The maximum atomic E-state index is 12.2. The lowest BCUT2D eigenvalue weighted by Crippen LogP contribution is -2.23. The van der Waals surface area contributed by atoms with Crippen LogP contribution < -0.4 is 10.6 Å². The highest BCUT2D eigenvalue weighted by Crippen LogP contribution is 2.21. The van der Waals surface area contributed by atoms with Crippen molar-refractivity contribution in [1.82, 2.24) is 10.3 Å². The van der Waals surface area contributed by atoms with Crippen molar-refractivity contribution in [3.05, 3.63) is 77.5 Å². The van der Waals surface area contributed by atoms with Crippen molar-refractivity contribution in [2.75, 3.05) is 5.32 Å². The molecule has 0 unspecified atom stereocenters. The van der Waals surface area contributed by atoms with Gasteiger partial charge >= 0.3 is 0 Å². The Bertz CT molecular complexity index is 842. The average Bonchev–Trinajstić information content (AvgIpc) is 3.09. The van der Waals surface area contributed by atoms with Gasteiger partial charge in [-0.05, 0) is 49.7 Å². The summed E-state index contributed by atoms with van der Waals surface area (Å²) in [5, 5.41) is 6.11. The average molecular weight is 321 g/mol. The second-order valence-electron chi connectivity index (χ2n) is 5.64. The fourth-order valence-electron chi connectivity index (χ4n) is 2.41. The molecule has 2 N–H and O–H groups in total. The van der Waals surface area contributed by atoms with Gasteiger partial charge in [-0.15, -0.1) is 0 Å². The third-order valence-electron chi connectivity index (χ3n) is 3.66. The summed E-state index contributed by atoms with van der Waals surface area (Å²) < 4.78 is 5.20. The van der Waals surface area contributed by atoms with Gasteiger partial charge in [0.15, 0.2) is 0 Å². The number of aryl methyl sites for hydroxylation is 2. The van der Waals surface area contributed by atoms with Crippen molar-refractivity contribution in [3.63, 3.8) is 0 Å². The van der Waals surface area contributed by atoms with Gasteiger partial charge in [-0.1, -0.05) is 17.7 Å². The molecule has 0 radical (unpaired) electrons. The minimum atomic E-state index is -0.240. The Morgan fingerprint density at radius 3 is 2.79 bits per heavy atom. The van der Waals surface area contributed by atoms with E-state index < -0.39 is 0 Å². The van der Waals surface area contributed by atoms with E-state index in [-0.39, 0.29) is 5.91 Å². The molecule has 2 aromatic heterocycles. The number of hydrogen-bond donors (Lipinski definition) is 2. The predicted octanol–water partition coefficient (Wildman–Crippen LogP) is 3.97. The van der Waals surface area contributed by atoms with Crippen molar-refractivity contribution in [3.8, 4) is 0 Å². The number of aromatic nitrogens is 1. The van der Waals surface area contributed by atoms with Crippen LogP contribution in [-0.4, -0.2) is 10.9 Å². The van der Waals surface area contributed by atoms with E-state index in [0.717, 1.165) is 16.9 Å². The Kier molecular flexibility index (Phi) is 4.61. The number of nitrogens with one attached hydrogen (secondary N) is 2. The summed E-state index contributed by atoms with van der Waals surface area (Å²) in [6, 6.07) is 13.4. The number of hydrogen-bond acceptors (Lipinski definition) is 4. The lowest BCUT2D eigenvalue weighted by Gasteiger charge is -2.11. The summed E-state index contributed by atoms with van der Waals surface area (Å²) in [5.41, 5.74) is 4.55. The molecular formula is C19H19N3O2. The third-order valence-corrected chi connectivity index (χ3v) is 3.66. The van der Waals surface area contributed by atoms with Crippen LogP contribution in [0.15, 0.2) is 59.3 Å². The molecule has 0 saturated carbocycles. The van der Waals surface area contributed by atoms with E-state index in [1.54, 1.807) is 24.6 Å². The minimum Gasteiger partial charge on any atom is -0.467 e. The van der Waals surface area contributed by atoms with Crippen LogP contribution in [0, 0.1) is 13.8 Å². The first kappa shape index (κ1) is 15.8. The first-order valence-electron chi connectivity index (χ1n) is 7.73. The Labute approximate surface area is 140 Å². The quantitative estimate of drug-likeness (QED) is 0.746. The number of carbonyl (C=O) groups is 1. The molecule has 0 fully saturated rings. The lowest BCUT2D eigenvalue weighted by molar-refractivity contribution is 0.0943. The lowest BCUT2D eigenvalue weighted by atomic mass is 10.1.